The van der Waals surface area contributed by atoms with Gasteiger partial charge in [0.1, 0.15) is 0 Å². The minimum absolute atomic E-state index is 0.0419. The molecule has 0 bridgehead atoms. The fraction of sp³-hybridized carbons (Fsp3) is 0.500. The molecular weight excluding hydrogens is 292 g/mol. The van der Waals surface area contributed by atoms with Gasteiger partial charge in [-0.25, -0.2) is 0 Å². The molecule has 18 heavy (non-hydrogen) atoms. The maximum absolute atomic E-state index is 12.1. The van der Waals surface area contributed by atoms with Gasteiger partial charge in [-0.3, -0.25) is 4.79 Å². The first kappa shape index (κ1) is 13.4. The number of carbonyl (C=O) groups excluding carboxylic acids is 1. The topological polar surface area (TPSA) is 55.1 Å². The van der Waals surface area contributed by atoms with E-state index in [0.717, 1.165) is 11.0 Å². The molecule has 0 aliphatic heterocycles. The second kappa shape index (κ2) is 6.23. The normalized spacial score (nSPS) is 16.5. The van der Waals surface area contributed by atoms with Crippen molar-refractivity contribution in [1.29, 1.82) is 0 Å². The van der Waals surface area contributed by atoms with Gasteiger partial charge in [-0.15, -0.1) is 0 Å². The number of anilines is 1. The zero-order valence-electron chi connectivity index (χ0n) is 10.4. The van der Waals surface area contributed by atoms with Gasteiger partial charge in [-0.2, -0.15) is 0 Å². The van der Waals surface area contributed by atoms with Gasteiger partial charge in [0.05, 0.1) is 5.56 Å². The number of halogens is 1. The predicted molar refractivity (Wildman–Crippen MR) is 77.5 cm³/mol. The van der Waals surface area contributed by atoms with Crippen LogP contribution in [0, 0.1) is 5.92 Å². The Labute approximate surface area is 116 Å². The Kier molecular flexibility index (Phi) is 4.64. The highest BCUT2D eigenvalue weighted by molar-refractivity contribution is 9.10. The van der Waals surface area contributed by atoms with E-state index in [2.05, 4.69) is 21.2 Å². The van der Waals surface area contributed by atoms with Gasteiger partial charge in [-0.1, -0.05) is 19.3 Å². The fourth-order valence-corrected chi connectivity index (χ4v) is 2.87. The molecule has 1 saturated carbocycles. The van der Waals surface area contributed by atoms with Crippen LogP contribution in [0.2, 0.25) is 0 Å². The van der Waals surface area contributed by atoms with Crippen molar-refractivity contribution in [2.45, 2.75) is 32.1 Å². The Morgan fingerprint density at radius 3 is 2.78 bits per heavy atom. The number of nitrogens with two attached hydrogens (primary N) is 1. The maximum atomic E-state index is 12.1. The second-order valence-electron chi connectivity index (χ2n) is 4.95. The van der Waals surface area contributed by atoms with Crippen molar-refractivity contribution in [2.75, 3.05) is 12.3 Å². The van der Waals surface area contributed by atoms with E-state index < -0.39 is 0 Å². The summed E-state index contributed by atoms with van der Waals surface area (Å²) < 4.78 is 0.790. The Morgan fingerprint density at radius 2 is 2.06 bits per heavy atom. The van der Waals surface area contributed by atoms with Crippen LogP contribution in [0.5, 0.6) is 0 Å². The minimum Gasteiger partial charge on any atom is -0.399 e. The van der Waals surface area contributed by atoms with E-state index in [1.165, 1.54) is 32.1 Å². The maximum Gasteiger partial charge on any atom is 0.252 e. The summed E-state index contributed by atoms with van der Waals surface area (Å²) in [4.78, 5) is 12.1. The summed E-state index contributed by atoms with van der Waals surface area (Å²) in [7, 11) is 0. The molecule has 0 aromatic heterocycles. The van der Waals surface area contributed by atoms with Crippen LogP contribution in [0.25, 0.3) is 0 Å². The Hall–Kier alpha value is -1.03. The van der Waals surface area contributed by atoms with Crippen LogP contribution in [0.1, 0.15) is 42.5 Å². The van der Waals surface area contributed by atoms with Crippen LogP contribution in [0.15, 0.2) is 22.7 Å². The summed E-state index contributed by atoms with van der Waals surface area (Å²) >= 11 is 3.38. The highest BCUT2D eigenvalue weighted by Crippen LogP contribution is 2.23. The van der Waals surface area contributed by atoms with E-state index >= 15 is 0 Å². The lowest BCUT2D eigenvalue weighted by molar-refractivity contribution is 0.0943. The van der Waals surface area contributed by atoms with Crippen molar-refractivity contribution in [3.05, 3.63) is 28.2 Å². The molecule has 98 valence electrons. The zero-order chi connectivity index (χ0) is 13.0. The van der Waals surface area contributed by atoms with Crippen LogP contribution in [-0.4, -0.2) is 12.5 Å². The van der Waals surface area contributed by atoms with Gasteiger partial charge in [0.25, 0.3) is 5.91 Å². The SMILES string of the molecule is Nc1ccc(Br)c(C(=O)NCC2CCCCC2)c1. The molecule has 1 aromatic rings. The lowest BCUT2D eigenvalue weighted by Gasteiger charge is -2.21. The fourth-order valence-electron chi connectivity index (χ4n) is 2.44. The molecule has 0 saturated heterocycles. The minimum atomic E-state index is -0.0419. The molecule has 1 aliphatic carbocycles. The first-order valence-corrected chi connectivity index (χ1v) is 7.29. The Morgan fingerprint density at radius 1 is 1.33 bits per heavy atom. The van der Waals surface area contributed by atoms with Crippen LogP contribution in [0.4, 0.5) is 5.69 Å². The molecule has 0 heterocycles. The summed E-state index contributed by atoms with van der Waals surface area (Å²) in [5.74, 6) is 0.599. The molecule has 0 spiro atoms. The number of nitrogen functional groups attached to an aromatic ring is 1. The zero-order valence-corrected chi connectivity index (χ0v) is 12.0. The summed E-state index contributed by atoms with van der Waals surface area (Å²) in [6.45, 7) is 0.778. The first-order chi connectivity index (χ1) is 8.66. The van der Waals surface area contributed by atoms with Crippen LogP contribution in [0.3, 0.4) is 0 Å². The summed E-state index contributed by atoms with van der Waals surface area (Å²) in [6.07, 6.45) is 6.40. The summed E-state index contributed by atoms with van der Waals surface area (Å²) in [5, 5.41) is 3.01. The Bertz CT molecular complexity index is 428. The molecule has 1 aliphatic rings. The van der Waals surface area contributed by atoms with Gasteiger partial charge in [-0.05, 0) is 52.9 Å². The highest BCUT2D eigenvalue weighted by Gasteiger charge is 2.16. The third-order valence-electron chi connectivity index (χ3n) is 3.51. The Balaban J connectivity index is 1.92. The average Bonchev–Trinajstić information content (AvgIpc) is 2.40. The van der Waals surface area contributed by atoms with Crippen molar-refractivity contribution < 1.29 is 4.79 Å². The molecule has 4 heteroatoms. The van der Waals surface area contributed by atoms with Crippen LogP contribution in [-0.2, 0) is 0 Å². The molecule has 1 fully saturated rings. The molecule has 3 nitrogen and oxygen atoms in total. The first-order valence-electron chi connectivity index (χ1n) is 6.50. The van der Waals surface area contributed by atoms with Crippen molar-refractivity contribution >= 4 is 27.5 Å². The number of carbonyl (C=O) groups is 1. The van der Waals surface area contributed by atoms with E-state index in [4.69, 9.17) is 5.73 Å². The molecule has 0 unspecified atom stereocenters. The predicted octanol–water partition coefficient (Wildman–Crippen LogP) is 3.34. The van der Waals surface area contributed by atoms with E-state index in [1.807, 2.05) is 6.07 Å². The number of hydrogen-bond donors (Lipinski definition) is 2. The van der Waals surface area contributed by atoms with Gasteiger partial charge >= 0.3 is 0 Å². The number of hydrogen-bond acceptors (Lipinski definition) is 2. The van der Waals surface area contributed by atoms with E-state index in [-0.39, 0.29) is 5.91 Å². The van der Waals surface area contributed by atoms with E-state index in [1.54, 1.807) is 12.1 Å². The van der Waals surface area contributed by atoms with Gasteiger partial charge in [0.2, 0.25) is 0 Å². The molecular formula is C14H19BrN2O. The second-order valence-corrected chi connectivity index (χ2v) is 5.81. The lowest BCUT2D eigenvalue weighted by atomic mass is 9.89. The van der Waals surface area contributed by atoms with Gasteiger partial charge in [0, 0.05) is 16.7 Å². The van der Waals surface area contributed by atoms with Gasteiger partial charge < -0.3 is 11.1 Å². The van der Waals surface area contributed by atoms with E-state index in [9.17, 15) is 4.79 Å². The molecule has 3 N–H and O–H groups in total. The molecule has 0 radical (unpaired) electrons. The summed E-state index contributed by atoms with van der Waals surface area (Å²) in [5.41, 5.74) is 6.93. The van der Waals surface area contributed by atoms with Crippen molar-refractivity contribution in [1.82, 2.24) is 5.32 Å². The van der Waals surface area contributed by atoms with Crippen LogP contribution >= 0.6 is 15.9 Å². The average molecular weight is 311 g/mol. The molecule has 2 rings (SSSR count). The number of rotatable bonds is 3. The molecule has 1 aromatic carbocycles. The third kappa shape index (κ3) is 3.48. The van der Waals surface area contributed by atoms with Crippen molar-refractivity contribution in [2.24, 2.45) is 5.92 Å². The number of amides is 1. The highest BCUT2D eigenvalue weighted by atomic mass is 79.9. The van der Waals surface area contributed by atoms with Crippen molar-refractivity contribution in [3.63, 3.8) is 0 Å². The van der Waals surface area contributed by atoms with Gasteiger partial charge in [0.15, 0.2) is 0 Å². The standard InChI is InChI=1S/C14H19BrN2O/c15-13-7-6-11(16)8-12(13)14(18)17-9-10-4-2-1-3-5-10/h6-8,10H,1-5,9,16H2,(H,17,18). The lowest BCUT2D eigenvalue weighted by Crippen LogP contribution is -2.30. The quantitative estimate of drug-likeness (QED) is 0.841. The number of benzene rings is 1. The smallest absolute Gasteiger partial charge is 0.252 e. The monoisotopic (exact) mass is 310 g/mol. The van der Waals surface area contributed by atoms with Crippen LogP contribution < -0.4 is 11.1 Å². The summed E-state index contributed by atoms with van der Waals surface area (Å²) in [6, 6.07) is 5.30. The van der Waals surface area contributed by atoms with E-state index in [0.29, 0.717) is 17.2 Å². The van der Waals surface area contributed by atoms with Crippen molar-refractivity contribution in [3.8, 4) is 0 Å². The number of nitrogens with one attached hydrogen (secondary N) is 1. The largest absolute Gasteiger partial charge is 0.399 e. The molecule has 1 amide bonds. The third-order valence-corrected chi connectivity index (χ3v) is 4.20. The molecule has 0 atom stereocenters.